The average Bonchev–Trinajstić information content (AvgIpc) is 3.50. The van der Waals surface area contributed by atoms with E-state index >= 15 is 0 Å². The number of amides is 1. The minimum Gasteiger partial charge on any atom is -0.368 e. The zero-order valence-electron chi connectivity index (χ0n) is 15.1. The Hall–Kier alpha value is -3.03. The van der Waals surface area contributed by atoms with Crippen LogP contribution in [0.2, 0.25) is 0 Å². The molecule has 3 rings (SSSR count). The van der Waals surface area contributed by atoms with Gasteiger partial charge >= 0.3 is 0 Å². The van der Waals surface area contributed by atoms with E-state index in [1.807, 2.05) is 44.4 Å². The number of hydrogen-bond acceptors (Lipinski definition) is 6. The van der Waals surface area contributed by atoms with Crippen LogP contribution < -0.4 is 10.6 Å². The third-order valence-corrected chi connectivity index (χ3v) is 5.67. The number of benzene rings is 1. The van der Waals surface area contributed by atoms with Crippen molar-refractivity contribution in [2.75, 3.05) is 19.0 Å². The number of carbonyl (C=O) groups excluding carboxylic acids is 1. The van der Waals surface area contributed by atoms with E-state index in [4.69, 9.17) is 5.73 Å². The average molecular weight is 377 g/mol. The molecule has 0 aliphatic heterocycles. The minimum absolute atomic E-state index is 0.194. The van der Waals surface area contributed by atoms with E-state index in [0.29, 0.717) is 22.0 Å². The zero-order valence-corrected chi connectivity index (χ0v) is 16.0. The molecule has 2 aromatic rings. The first-order valence-electron chi connectivity index (χ1n) is 8.54. The Kier molecular flexibility index (Phi) is 5.34. The largest absolute Gasteiger partial charge is 0.368 e. The highest BCUT2D eigenvalue weighted by Crippen LogP contribution is 2.48. The molecule has 1 amide bonds. The molecule has 1 saturated carbocycles. The Morgan fingerprint density at radius 1 is 1.22 bits per heavy atom. The highest BCUT2D eigenvalue weighted by Gasteiger charge is 2.34. The van der Waals surface area contributed by atoms with E-state index in [9.17, 15) is 15.3 Å². The zero-order chi connectivity index (χ0) is 19.6. The van der Waals surface area contributed by atoms with E-state index in [0.717, 1.165) is 24.0 Å². The van der Waals surface area contributed by atoms with Crippen molar-refractivity contribution in [3.63, 3.8) is 0 Å². The van der Waals surface area contributed by atoms with Crippen LogP contribution in [-0.4, -0.2) is 25.0 Å². The second kappa shape index (κ2) is 7.69. The van der Waals surface area contributed by atoms with Crippen LogP contribution >= 0.6 is 11.8 Å². The number of pyridine rings is 1. The first kappa shape index (κ1) is 18.8. The third-order valence-electron chi connectivity index (χ3n) is 4.41. The topological polar surface area (TPSA) is 107 Å². The summed E-state index contributed by atoms with van der Waals surface area (Å²) in [6, 6.07) is 13.6. The standard InChI is InChI=1S/C20H19N5OS/c1-25(2)19-14(10-21)16(12-8-9-12)15(11-22)20(24-19)27-17(18(23)26)13-6-4-3-5-7-13/h3-7,12,17H,8-9H2,1-2H3,(H2,23,26). The fraction of sp³-hybridized carbons (Fsp3) is 0.300. The van der Waals surface area contributed by atoms with Crippen LogP contribution in [0.5, 0.6) is 0 Å². The van der Waals surface area contributed by atoms with Crippen molar-refractivity contribution in [1.82, 2.24) is 4.98 Å². The lowest BCUT2D eigenvalue weighted by atomic mass is 10.00. The van der Waals surface area contributed by atoms with E-state index in [-0.39, 0.29) is 5.92 Å². The summed E-state index contributed by atoms with van der Waals surface area (Å²) in [4.78, 5) is 18.4. The van der Waals surface area contributed by atoms with Gasteiger partial charge in [-0.1, -0.05) is 42.1 Å². The van der Waals surface area contributed by atoms with Gasteiger partial charge in [0.25, 0.3) is 0 Å². The van der Waals surface area contributed by atoms with Gasteiger partial charge in [-0.3, -0.25) is 4.79 Å². The number of thioether (sulfide) groups is 1. The molecular formula is C20H19N5OS. The number of anilines is 1. The molecule has 2 N–H and O–H groups in total. The first-order chi connectivity index (χ1) is 13.0. The van der Waals surface area contributed by atoms with Crippen molar-refractivity contribution in [3.8, 4) is 12.1 Å². The van der Waals surface area contributed by atoms with Gasteiger partial charge < -0.3 is 10.6 Å². The van der Waals surface area contributed by atoms with Crippen molar-refractivity contribution in [2.24, 2.45) is 5.73 Å². The van der Waals surface area contributed by atoms with Gasteiger partial charge in [0, 0.05) is 14.1 Å². The van der Waals surface area contributed by atoms with Gasteiger partial charge in [0.15, 0.2) is 0 Å². The number of hydrogen-bond donors (Lipinski definition) is 1. The molecule has 7 heteroatoms. The van der Waals surface area contributed by atoms with Crippen LogP contribution in [0.15, 0.2) is 35.4 Å². The summed E-state index contributed by atoms with van der Waals surface area (Å²) in [5.74, 6) is 0.205. The van der Waals surface area contributed by atoms with Crippen LogP contribution in [0.25, 0.3) is 0 Å². The van der Waals surface area contributed by atoms with Gasteiger partial charge in [-0.15, -0.1) is 0 Å². The monoisotopic (exact) mass is 377 g/mol. The van der Waals surface area contributed by atoms with Crippen molar-refractivity contribution in [1.29, 1.82) is 10.5 Å². The summed E-state index contributed by atoms with van der Waals surface area (Å²) in [6.07, 6.45) is 1.89. The molecule has 0 bridgehead atoms. The van der Waals surface area contributed by atoms with Crippen molar-refractivity contribution >= 4 is 23.5 Å². The maximum Gasteiger partial charge on any atom is 0.235 e. The van der Waals surface area contributed by atoms with Gasteiger partial charge in [0.2, 0.25) is 5.91 Å². The highest BCUT2D eigenvalue weighted by molar-refractivity contribution is 8.00. The van der Waals surface area contributed by atoms with Crippen molar-refractivity contribution < 1.29 is 4.79 Å². The fourth-order valence-corrected chi connectivity index (χ4v) is 4.05. The molecule has 6 nitrogen and oxygen atoms in total. The van der Waals surface area contributed by atoms with E-state index in [2.05, 4.69) is 17.1 Å². The molecule has 1 aromatic carbocycles. The number of rotatable bonds is 6. The molecule has 1 aliphatic rings. The van der Waals surface area contributed by atoms with Gasteiger partial charge in [-0.2, -0.15) is 10.5 Å². The molecule has 0 spiro atoms. The molecule has 27 heavy (non-hydrogen) atoms. The number of nitriles is 2. The predicted octanol–water partition coefficient (Wildman–Crippen LogP) is 3.09. The van der Waals surface area contributed by atoms with Crippen LogP contribution in [0.4, 0.5) is 5.82 Å². The second-order valence-corrected chi connectivity index (χ2v) is 7.70. The molecular weight excluding hydrogens is 358 g/mol. The molecule has 1 heterocycles. The first-order valence-corrected chi connectivity index (χ1v) is 9.42. The van der Waals surface area contributed by atoms with Gasteiger partial charge in [0.05, 0.1) is 11.1 Å². The Morgan fingerprint density at radius 2 is 1.85 bits per heavy atom. The lowest BCUT2D eigenvalue weighted by Gasteiger charge is -2.20. The Morgan fingerprint density at radius 3 is 2.33 bits per heavy atom. The second-order valence-electron chi connectivity index (χ2n) is 6.61. The Balaban J connectivity index is 2.16. The number of aromatic nitrogens is 1. The third kappa shape index (κ3) is 3.74. The van der Waals surface area contributed by atoms with Crippen LogP contribution in [0, 0.1) is 22.7 Å². The van der Waals surface area contributed by atoms with Crippen molar-refractivity contribution in [2.45, 2.75) is 29.0 Å². The molecule has 0 saturated heterocycles. The van der Waals surface area contributed by atoms with Gasteiger partial charge in [0.1, 0.15) is 28.2 Å². The molecule has 1 fully saturated rings. The summed E-state index contributed by atoms with van der Waals surface area (Å²) >= 11 is 1.17. The van der Waals surface area contributed by atoms with Crippen LogP contribution in [-0.2, 0) is 4.79 Å². The Labute approximate surface area is 162 Å². The summed E-state index contributed by atoms with van der Waals surface area (Å²) < 4.78 is 0. The summed E-state index contributed by atoms with van der Waals surface area (Å²) in [5, 5.41) is 19.3. The lowest BCUT2D eigenvalue weighted by Crippen LogP contribution is -2.20. The Bertz CT molecular complexity index is 955. The quantitative estimate of drug-likeness (QED) is 0.775. The number of nitrogens with zero attached hydrogens (tertiary/aromatic N) is 4. The SMILES string of the molecule is CN(C)c1nc(SC(C(N)=O)c2ccccc2)c(C#N)c(C2CC2)c1C#N. The molecule has 1 aliphatic carbocycles. The molecule has 1 atom stereocenters. The van der Waals surface area contributed by atoms with E-state index in [1.54, 1.807) is 4.90 Å². The van der Waals surface area contributed by atoms with E-state index in [1.165, 1.54) is 11.8 Å². The van der Waals surface area contributed by atoms with Gasteiger partial charge in [-0.25, -0.2) is 4.98 Å². The number of nitrogens with two attached hydrogens (primary N) is 1. The fourth-order valence-electron chi connectivity index (χ4n) is 3.01. The summed E-state index contributed by atoms with van der Waals surface area (Å²) in [6.45, 7) is 0. The number of primary amides is 1. The minimum atomic E-state index is -0.666. The highest BCUT2D eigenvalue weighted by atomic mass is 32.2. The smallest absolute Gasteiger partial charge is 0.235 e. The summed E-state index contributed by atoms with van der Waals surface area (Å²) in [7, 11) is 3.62. The van der Waals surface area contributed by atoms with Gasteiger partial charge in [-0.05, 0) is 29.9 Å². The number of carbonyl (C=O) groups is 1. The van der Waals surface area contributed by atoms with Crippen LogP contribution in [0.3, 0.4) is 0 Å². The lowest BCUT2D eigenvalue weighted by molar-refractivity contribution is -0.117. The molecule has 1 aromatic heterocycles. The summed E-state index contributed by atoms with van der Waals surface area (Å²) in [5.41, 5.74) is 7.97. The maximum atomic E-state index is 12.1. The van der Waals surface area contributed by atoms with Crippen molar-refractivity contribution in [3.05, 3.63) is 52.6 Å². The molecule has 136 valence electrons. The molecule has 1 unspecified atom stereocenters. The molecule has 0 radical (unpaired) electrons. The van der Waals surface area contributed by atoms with Crippen LogP contribution in [0.1, 0.15) is 46.3 Å². The normalized spacial score (nSPS) is 14.1. The predicted molar refractivity (Wildman–Crippen MR) is 104 cm³/mol. The maximum absolute atomic E-state index is 12.1. The van der Waals surface area contributed by atoms with E-state index < -0.39 is 11.2 Å².